The van der Waals surface area contributed by atoms with Crippen LogP contribution in [-0.4, -0.2) is 9.85 Å². The van der Waals surface area contributed by atoms with Gasteiger partial charge in [0, 0.05) is 13.8 Å². The fourth-order valence-electron chi connectivity index (χ4n) is 1.86. The quantitative estimate of drug-likeness (QED) is 0.448. The number of allylic oxidation sites excluding steroid dienone is 2. The topological polar surface area (TPSA) is 95.5 Å². The Morgan fingerprint density at radius 3 is 1.36 bits per heavy atom. The van der Waals surface area contributed by atoms with Crippen LogP contribution in [0.1, 0.15) is 13.8 Å². The molecular formula is C18H18N2O5. The first-order valence-electron chi connectivity index (χ1n) is 7.30. The summed E-state index contributed by atoms with van der Waals surface area (Å²) in [5.41, 5.74) is 2.55. The van der Waals surface area contributed by atoms with Gasteiger partial charge in [-0.25, -0.2) is 0 Å². The fraction of sp³-hybridized carbons (Fsp3) is 0.111. The van der Waals surface area contributed by atoms with E-state index in [0.29, 0.717) is 12.4 Å². The lowest BCUT2D eigenvalue weighted by molar-refractivity contribution is -0.407. The highest BCUT2D eigenvalue weighted by Crippen LogP contribution is 2.17. The van der Waals surface area contributed by atoms with E-state index in [1.807, 2.05) is 12.1 Å². The third kappa shape index (κ3) is 8.65. The Morgan fingerprint density at radius 2 is 1.08 bits per heavy atom. The highest BCUT2D eigenvalue weighted by atomic mass is 16.6. The molecule has 0 atom stereocenters. The van der Waals surface area contributed by atoms with Crippen molar-refractivity contribution in [2.45, 2.75) is 13.8 Å². The Labute approximate surface area is 145 Å². The van der Waals surface area contributed by atoms with Gasteiger partial charge in [0.25, 0.3) is 12.4 Å². The van der Waals surface area contributed by atoms with E-state index in [2.05, 4.69) is 48.5 Å². The van der Waals surface area contributed by atoms with Gasteiger partial charge in [0.2, 0.25) is 0 Å². The first-order valence-corrected chi connectivity index (χ1v) is 7.30. The van der Waals surface area contributed by atoms with E-state index >= 15 is 0 Å². The molecule has 0 spiro atoms. The second-order valence-corrected chi connectivity index (χ2v) is 4.88. The van der Waals surface area contributed by atoms with Gasteiger partial charge in [0.05, 0.1) is 9.85 Å². The Hall–Kier alpha value is -3.48. The third-order valence-electron chi connectivity index (χ3n) is 2.78. The molecule has 0 amide bonds. The van der Waals surface area contributed by atoms with Gasteiger partial charge >= 0.3 is 0 Å². The molecular weight excluding hydrogens is 324 g/mol. The molecule has 25 heavy (non-hydrogen) atoms. The zero-order valence-corrected chi connectivity index (χ0v) is 13.9. The number of ether oxygens (including phenoxy) is 1. The van der Waals surface area contributed by atoms with Crippen molar-refractivity contribution in [3.8, 4) is 11.1 Å². The minimum atomic E-state index is -0.700. The van der Waals surface area contributed by atoms with E-state index in [1.54, 1.807) is 0 Å². The average Bonchev–Trinajstić information content (AvgIpc) is 2.55. The van der Waals surface area contributed by atoms with Crippen LogP contribution in [-0.2, 0) is 4.74 Å². The summed E-state index contributed by atoms with van der Waals surface area (Å²) in [5.74, 6) is -0.0267. The number of nitro groups is 2. The zero-order chi connectivity index (χ0) is 18.7. The van der Waals surface area contributed by atoms with Crippen LogP contribution < -0.4 is 0 Å². The largest absolute Gasteiger partial charge is 0.454 e. The van der Waals surface area contributed by atoms with Gasteiger partial charge < -0.3 is 4.74 Å². The molecule has 2 aromatic rings. The molecule has 0 aliphatic carbocycles. The lowest BCUT2D eigenvalue weighted by Crippen LogP contribution is -1.94. The molecule has 2 rings (SSSR count). The predicted molar refractivity (Wildman–Crippen MR) is 94.5 cm³/mol. The Bertz CT molecular complexity index is 690. The zero-order valence-electron chi connectivity index (χ0n) is 13.9. The van der Waals surface area contributed by atoms with Crippen LogP contribution in [0.5, 0.6) is 0 Å². The number of hydrogen-bond acceptors (Lipinski definition) is 5. The molecule has 0 aromatic heterocycles. The SMILES string of the molecule is C/C(=C/[N+](=O)[O-])O/C(C)=C\[N+](=O)[O-].c1ccc(-c2ccccc2)cc1. The Kier molecular flexibility index (Phi) is 8.08. The third-order valence-corrected chi connectivity index (χ3v) is 2.78. The van der Waals surface area contributed by atoms with Crippen LogP contribution in [0.25, 0.3) is 11.1 Å². The smallest absolute Gasteiger partial charge is 0.272 e. The molecule has 0 aliphatic rings. The normalized spacial score (nSPS) is 11.1. The first-order chi connectivity index (χ1) is 11.9. The molecule has 0 unspecified atom stereocenters. The maximum atomic E-state index is 9.91. The minimum absolute atomic E-state index is 0.0133. The lowest BCUT2D eigenvalue weighted by atomic mass is 10.1. The van der Waals surface area contributed by atoms with Crippen molar-refractivity contribution < 1.29 is 14.6 Å². The maximum Gasteiger partial charge on any atom is 0.272 e. The molecule has 0 radical (unpaired) electrons. The second-order valence-electron chi connectivity index (χ2n) is 4.88. The van der Waals surface area contributed by atoms with Gasteiger partial charge in [0.1, 0.15) is 0 Å². The molecule has 7 nitrogen and oxygen atoms in total. The number of nitrogens with zero attached hydrogens (tertiary/aromatic N) is 2. The summed E-state index contributed by atoms with van der Waals surface area (Å²) in [6, 6.07) is 20.8. The van der Waals surface area contributed by atoms with Gasteiger partial charge in [-0.1, -0.05) is 60.7 Å². The van der Waals surface area contributed by atoms with E-state index in [4.69, 9.17) is 4.74 Å². The summed E-state index contributed by atoms with van der Waals surface area (Å²) in [6.45, 7) is 2.67. The van der Waals surface area contributed by atoms with Crippen molar-refractivity contribution in [3.05, 3.63) is 105 Å². The van der Waals surface area contributed by atoms with Crippen molar-refractivity contribution in [2.24, 2.45) is 0 Å². The number of rotatable bonds is 5. The molecule has 0 saturated heterocycles. The van der Waals surface area contributed by atoms with Crippen molar-refractivity contribution in [2.75, 3.05) is 0 Å². The van der Waals surface area contributed by atoms with Gasteiger partial charge in [-0.3, -0.25) is 20.2 Å². The van der Waals surface area contributed by atoms with E-state index in [0.717, 1.165) is 0 Å². The standard InChI is InChI=1S/C12H10.C6H8N2O5/c1-3-7-11(8-4-1)12-9-5-2-6-10-12;1-5(3-7(9)10)13-6(2)4-8(11)12/h1-10H;3-4H,1-2H3/b;5-3-,6-4-. The van der Waals surface area contributed by atoms with Gasteiger partial charge in [-0.05, 0) is 11.1 Å². The fourth-order valence-corrected chi connectivity index (χ4v) is 1.86. The van der Waals surface area contributed by atoms with E-state index in [-0.39, 0.29) is 11.5 Å². The van der Waals surface area contributed by atoms with Crippen LogP contribution >= 0.6 is 0 Å². The number of benzene rings is 2. The molecule has 0 heterocycles. The van der Waals surface area contributed by atoms with Gasteiger partial charge in [-0.15, -0.1) is 0 Å². The summed E-state index contributed by atoms with van der Waals surface area (Å²) in [7, 11) is 0. The van der Waals surface area contributed by atoms with Crippen molar-refractivity contribution in [1.82, 2.24) is 0 Å². The van der Waals surface area contributed by atoms with Crippen molar-refractivity contribution in [1.29, 1.82) is 0 Å². The Morgan fingerprint density at radius 1 is 0.760 bits per heavy atom. The van der Waals surface area contributed by atoms with Crippen molar-refractivity contribution in [3.63, 3.8) is 0 Å². The van der Waals surface area contributed by atoms with Gasteiger partial charge in [0.15, 0.2) is 11.5 Å². The molecule has 130 valence electrons. The van der Waals surface area contributed by atoms with Crippen LogP contribution in [0, 0.1) is 20.2 Å². The van der Waals surface area contributed by atoms with Crippen LogP contribution in [0.15, 0.2) is 84.6 Å². The highest BCUT2D eigenvalue weighted by Gasteiger charge is 2.01. The molecule has 7 heteroatoms. The average molecular weight is 342 g/mol. The molecule has 0 fully saturated rings. The predicted octanol–water partition coefficient (Wildman–Crippen LogP) is 4.63. The Balaban J connectivity index is 0.000000250. The maximum absolute atomic E-state index is 9.91. The summed E-state index contributed by atoms with van der Waals surface area (Å²) in [5, 5.41) is 19.8. The first kappa shape index (κ1) is 19.6. The second kappa shape index (κ2) is 10.3. The monoisotopic (exact) mass is 342 g/mol. The summed E-state index contributed by atoms with van der Waals surface area (Å²) >= 11 is 0. The van der Waals surface area contributed by atoms with Crippen LogP contribution in [0.2, 0.25) is 0 Å². The molecule has 0 saturated carbocycles. The van der Waals surface area contributed by atoms with Crippen LogP contribution in [0.3, 0.4) is 0 Å². The van der Waals surface area contributed by atoms with Crippen LogP contribution in [0.4, 0.5) is 0 Å². The summed E-state index contributed by atoms with van der Waals surface area (Å²) < 4.78 is 4.71. The summed E-state index contributed by atoms with van der Waals surface area (Å²) in [6.07, 6.45) is 1.24. The lowest BCUT2D eigenvalue weighted by Gasteiger charge is -1.99. The van der Waals surface area contributed by atoms with Crippen molar-refractivity contribution >= 4 is 0 Å². The molecule has 0 N–H and O–H groups in total. The molecule has 0 bridgehead atoms. The summed E-state index contributed by atoms with van der Waals surface area (Å²) in [4.78, 5) is 18.4. The van der Waals surface area contributed by atoms with E-state index in [1.165, 1.54) is 25.0 Å². The van der Waals surface area contributed by atoms with Gasteiger partial charge in [-0.2, -0.15) is 0 Å². The van der Waals surface area contributed by atoms with E-state index < -0.39 is 9.85 Å². The molecule has 0 aliphatic heterocycles. The number of hydrogen-bond donors (Lipinski definition) is 0. The highest BCUT2D eigenvalue weighted by molar-refractivity contribution is 5.62. The minimum Gasteiger partial charge on any atom is -0.454 e. The molecule has 2 aromatic carbocycles. The van der Waals surface area contributed by atoms with E-state index in [9.17, 15) is 20.2 Å².